The fourth-order valence-corrected chi connectivity index (χ4v) is 3.62. The van der Waals surface area contributed by atoms with E-state index in [0.717, 1.165) is 16.8 Å². The number of halogens is 1. The van der Waals surface area contributed by atoms with Crippen LogP contribution in [0.4, 0.5) is 5.69 Å². The second-order valence-electron chi connectivity index (χ2n) is 6.56. The molecule has 0 radical (unpaired) electrons. The first-order valence-corrected chi connectivity index (χ1v) is 8.88. The van der Waals surface area contributed by atoms with Gasteiger partial charge >= 0.3 is 0 Å². The first-order valence-electron chi connectivity index (χ1n) is 8.50. The van der Waals surface area contributed by atoms with Crippen molar-refractivity contribution in [2.24, 2.45) is 0 Å². The van der Waals surface area contributed by atoms with Crippen molar-refractivity contribution in [2.45, 2.75) is 18.6 Å². The number of carbonyl (C=O) groups is 1. The molecular formula is C22H18ClNO2. The summed E-state index contributed by atoms with van der Waals surface area (Å²) >= 11 is 5.95. The molecule has 1 heterocycles. The van der Waals surface area contributed by atoms with Gasteiger partial charge in [-0.1, -0.05) is 72.3 Å². The van der Waals surface area contributed by atoms with Crippen molar-refractivity contribution < 1.29 is 9.90 Å². The Morgan fingerprint density at radius 3 is 2.23 bits per heavy atom. The zero-order valence-electron chi connectivity index (χ0n) is 14.1. The number of para-hydroxylation sites is 1. The number of nitrogens with zero attached hydrogens (tertiary/aromatic N) is 1. The fourth-order valence-electron chi connectivity index (χ4n) is 3.50. The molecule has 1 aliphatic rings. The molecule has 4 rings (SSSR count). The van der Waals surface area contributed by atoms with E-state index in [4.69, 9.17) is 11.6 Å². The third-order valence-corrected chi connectivity index (χ3v) is 5.05. The van der Waals surface area contributed by atoms with Crippen LogP contribution in [0, 0.1) is 0 Å². The van der Waals surface area contributed by atoms with Crippen LogP contribution in [0.25, 0.3) is 0 Å². The molecule has 3 nitrogen and oxygen atoms in total. The maximum Gasteiger partial charge on any atom is 0.264 e. The van der Waals surface area contributed by atoms with Crippen molar-refractivity contribution in [3.8, 4) is 0 Å². The molecule has 1 N–H and O–H groups in total. The maximum atomic E-state index is 13.2. The summed E-state index contributed by atoms with van der Waals surface area (Å²) in [5.74, 6) is -0.294. The average molecular weight is 364 g/mol. The molecule has 0 saturated heterocycles. The van der Waals surface area contributed by atoms with Crippen LogP contribution in [0.15, 0.2) is 78.9 Å². The first kappa shape index (κ1) is 16.8. The SMILES string of the molecule is O=C1N(Cc2ccc(Cl)cc2)c2ccccc2C1(O)Cc1ccccc1. The topological polar surface area (TPSA) is 40.5 Å². The van der Waals surface area contributed by atoms with E-state index in [0.29, 0.717) is 17.1 Å². The highest BCUT2D eigenvalue weighted by Crippen LogP contribution is 2.42. The second-order valence-corrected chi connectivity index (χ2v) is 6.99. The Bertz CT molecular complexity index is 940. The van der Waals surface area contributed by atoms with Gasteiger partial charge in [0.1, 0.15) is 0 Å². The Labute approximate surface area is 157 Å². The lowest BCUT2D eigenvalue weighted by Crippen LogP contribution is -2.41. The van der Waals surface area contributed by atoms with Gasteiger partial charge in [-0.15, -0.1) is 0 Å². The van der Waals surface area contributed by atoms with Crippen LogP contribution in [0.2, 0.25) is 5.02 Å². The summed E-state index contributed by atoms with van der Waals surface area (Å²) in [6.07, 6.45) is 0.251. The number of rotatable bonds is 4. The smallest absolute Gasteiger partial charge is 0.264 e. The predicted octanol–water partition coefficient (Wildman–Crippen LogP) is 4.32. The monoisotopic (exact) mass is 363 g/mol. The van der Waals surface area contributed by atoms with Gasteiger partial charge in [-0.05, 0) is 29.3 Å². The molecule has 3 aromatic carbocycles. The highest BCUT2D eigenvalue weighted by atomic mass is 35.5. The molecule has 1 unspecified atom stereocenters. The largest absolute Gasteiger partial charge is 0.375 e. The fraction of sp³-hybridized carbons (Fsp3) is 0.136. The molecule has 26 heavy (non-hydrogen) atoms. The molecule has 3 aromatic rings. The zero-order valence-corrected chi connectivity index (χ0v) is 14.9. The van der Waals surface area contributed by atoms with E-state index in [9.17, 15) is 9.90 Å². The van der Waals surface area contributed by atoms with Crippen molar-refractivity contribution >= 4 is 23.2 Å². The minimum absolute atomic E-state index is 0.251. The lowest BCUT2D eigenvalue weighted by atomic mass is 9.88. The second kappa shape index (κ2) is 6.60. The summed E-state index contributed by atoms with van der Waals surface area (Å²) in [5.41, 5.74) is 1.74. The van der Waals surface area contributed by atoms with E-state index >= 15 is 0 Å². The van der Waals surface area contributed by atoms with E-state index in [2.05, 4.69) is 0 Å². The number of hydrogen-bond donors (Lipinski definition) is 1. The molecule has 0 saturated carbocycles. The highest BCUT2D eigenvalue weighted by Gasteiger charge is 2.49. The molecule has 1 aliphatic heterocycles. The van der Waals surface area contributed by atoms with Crippen molar-refractivity contribution in [3.63, 3.8) is 0 Å². The molecule has 0 spiro atoms. The number of aliphatic hydroxyl groups is 1. The summed E-state index contributed by atoms with van der Waals surface area (Å²) in [5, 5.41) is 12.0. The lowest BCUT2D eigenvalue weighted by molar-refractivity contribution is -0.136. The summed E-state index contributed by atoms with van der Waals surface area (Å²) in [6.45, 7) is 0.393. The van der Waals surface area contributed by atoms with Gasteiger partial charge in [-0.2, -0.15) is 0 Å². The highest BCUT2D eigenvalue weighted by molar-refractivity contribution is 6.30. The average Bonchev–Trinajstić information content (AvgIpc) is 2.87. The number of benzene rings is 3. The normalized spacial score (nSPS) is 18.8. The van der Waals surface area contributed by atoms with Crippen molar-refractivity contribution in [2.75, 3.05) is 4.90 Å². The lowest BCUT2D eigenvalue weighted by Gasteiger charge is -2.23. The van der Waals surface area contributed by atoms with E-state index in [1.807, 2.05) is 66.7 Å². The Hall–Kier alpha value is -2.62. The van der Waals surface area contributed by atoms with Gasteiger partial charge in [0.25, 0.3) is 5.91 Å². The van der Waals surface area contributed by atoms with Gasteiger partial charge in [-0.3, -0.25) is 4.79 Å². The van der Waals surface area contributed by atoms with Crippen LogP contribution < -0.4 is 4.90 Å². The van der Waals surface area contributed by atoms with Gasteiger partial charge in [0.2, 0.25) is 0 Å². The van der Waals surface area contributed by atoms with E-state index in [1.165, 1.54) is 0 Å². The standard InChI is InChI=1S/C22H18ClNO2/c23-18-12-10-17(11-13-18)15-24-20-9-5-4-8-19(20)22(26,21(24)25)14-16-6-2-1-3-7-16/h1-13,26H,14-15H2. The van der Waals surface area contributed by atoms with Crippen molar-refractivity contribution in [1.29, 1.82) is 0 Å². The van der Waals surface area contributed by atoms with E-state index in [1.54, 1.807) is 17.0 Å². The summed E-state index contributed by atoms with van der Waals surface area (Å²) in [4.78, 5) is 14.9. The number of hydrogen-bond acceptors (Lipinski definition) is 2. The Balaban J connectivity index is 1.71. The summed E-state index contributed by atoms with van der Waals surface area (Å²) in [6, 6.07) is 24.5. The molecule has 4 heteroatoms. The molecule has 0 aliphatic carbocycles. The molecule has 0 fully saturated rings. The minimum atomic E-state index is -1.55. The molecular weight excluding hydrogens is 346 g/mol. The number of amides is 1. The molecule has 1 atom stereocenters. The van der Waals surface area contributed by atoms with E-state index < -0.39 is 5.60 Å². The maximum absolute atomic E-state index is 13.2. The third kappa shape index (κ3) is 2.90. The third-order valence-electron chi connectivity index (χ3n) is 4.80. The molecule has 130 valence electrons. The van der Waals surface area contributed by atoms with Crippen LogP contribution in [-0.4, -0.2) is 11.0 Å². The number of fused-ring (bicyclic) bond motifs is 1. The summed E-state index contributed by atoms with van der Waals surface area (Å²) in [7, 11) is 0. The van der Waals surface area contributed by atoms with Gasteiger partial charge in [0, 0.05) is 17.0 Å². The van der Waals surface area contributed by atoms with Gasteiger partial charge in [-0.25, -0.2) is 0 Å². The van der Waals surface area contributed by atoms with Gasteiger partial charge < -0.3 is 10.0 Å². The predicted molar refractivity (Wildman–Crippen MR) is 103 cm³/mol. The van der Waals surface area contributed by atoms with Crippen molar-refractivity contribution in [1.82, 2.24) is 0 Å². The zero-order chi connectivity index (χ0) is 18.1. The Kier molecular flexibility index (Phi) is 4.27. The first-order chi connectivity index (χ1) is 12.6. The Morgan fingerprint density at radius 2 is 1.50 bits per heavy atom. The van der Waals surface area contributed by atoms with Crippen LogP contribution in [0.3, 0.4) is 0 Å². The van der Waals surface area contributed by atoms with Gasteiger partial charge in [0.05, 0.1) is 12.2 Å². The number of anilines is 1. The molecule has 0 bridgehead atoms. The number of carbonyl (C=O) groups excluding carboxylic acids is 1. The minimum Gasteiger partial charge on any atom is -0.375 e. The van der Waals surface area contributed by atoms with Gasteiger partial charge in [0.15, 0.2) is 5.60 Å². The Morgan fingerprint density at radius 1 is 0.846 bits per heavy atom. The summed E-state index contributed by atoms with van der Waals surface area (Å²) < 4.78 is 0. The molecule has 1 amide bonds. The van der Waals surface area contributed by atoms with Crippen LogP contribution in [0.1, 0.15) is 16.7 Å². The van der Waals surface area contributed by atoms with Crippen molar-refractivity contribution in [3.05, 3.63) is 101 Å². The molecule has 0 aromatic heterocycles. The van der Waals surface area contributed by atoms with Crippen LogP contribution >= 0.6 is 11.6 Å². The van der Waals surface area contributed by atoms with Crippen LogP contribution in [-0.2, 0) is 23.4 Å². The van der Waals surface area contributed by atoms with E-state index in [-0.39, 0.29) is 12.3 Å². The quantitative estimate of drug-likeness (QED) is 0.750. The van der Waals surface area contributed by atoms with Crippen LogP contribution in [0.5, 0.6) is 0 Å².